The second kappa shape index (κ2) is 8.92. The topological polar surface area (TPSA) is 86.6 Å². The van der Waals surface area contributed by atoms with Crippen molar-refractivity contribution < 1.29 is 19.8 Å². The summed E-state index contributed by atoms with van der Waals surface area (Å²) >= 11 is 0. The molecule has 108 valence electrons. The van der Waals surface area contributed by atoms with E-state index in [2.05, 4.69) is 5.32 Å². The van der Waals surface area contributed by atoms with E-state index >= 15 is 0 Å². The van der Waals surface area contributed by atoms with Gasteiger partial charge in [-0.1, -0.05) is 36.4 Å². The molecule has 0 unspecified atom stereocenters. The van der Waals surface area contributed by atoms with Crippen LogP contribution in [0.2, 0.25) is 0 Å². The van der Waals surface area contributed by atoms with Gasteiger partial charge in [0.25, 0.3) is 0 Å². The first-order chi connectivity index (χ1) is 10.1. The van der Waals surface area contributed by atoms with Gasteiger partial charge in [0, 0.05) is 23.5 Å². The van der Waals surface area contributed by atoms with Crippen molar-refractivity contribution >= 4 is 23.3 Å². The first-order valence-electron chi connectivity index (χ1n) is 6.09. The molecule has 0 aliphatic rings. The van der Waals surface area contributed by atoms with Crippen molar-refractivity contribution in [3.05, 3.63) is 72.8 Å². The van der Waals surface area contributed by atoms with Gasteiger partial charge in [-0.05, 0) is 24.3 Å². The Morgan fingerprint density at radius 1 is 0.714 bits per heavy atom. The van der Waals surface area contributed by atoms with Crippen LogP contribution in [-0.2, 0) is 9.59 Å². The highest BCUT2D eigenvalue weighted by Gasteiger charge is 1.90. The molecule has 0 aliphatic carbocycles. The number of rotatable bonds is 4. The first-order valence-corrected chi connectivity index (χ1v) is 6.09. The lowest BCUT2D eigenvalue weighted by Crippen LogP contribution is -1.91. The molecule has 0 bridgehead atoms. The summed E-state index contributed by atoms with van der Waals surface area (Å²) in [5.74, 6) is -2.51. The maximum absolute atomic E-state index is 9.55. The van der Waals surface area contributed by atoms with E-state index in [0.717, 1.165) is 11.4 Å². The van der Waals surface area contributed by atoms with Crippen LogP contribution in [0, 0.1) is 0 Å². The number of carbonyl (C=O) groups is 2. The van der Waals surface area contributed by atoms with E-state index in [-0.39, 0.29) is 0 Å². The second-order valence-corrected chi connectivity index (χ2v) is 3.87. The smallest absolute Gasteiger partial charge is 0.328 e. The summed E-state index contributed by atoms with van der Waals surface area (Å²) in [4.78, 5) is 19.1. The molecule has 2 aromatic carbocycles. The number of para-hydroxylation sites is 2. The fraction of sp³-hybridized carbons (Fsp3) is 0. The van der Waals surface area contributed by atoms with E-state index < -0.39 is 11.9 Å². The molecule has 2 aromatic rings. The number of hydrogen-bond donors (Lipinski definition) is 3. The van der Waals surface area contributed by atoms with Gasteiger partial charge >= 0.3 is 11.9 Å². The number of nitrogens with one attached hydrogen (secondary N) is 1. The van der Waals surface area contributed by atoms with Gasteiger partial charge in [0.1, 0.15) is 0 Å². The lowest BCUT2D eigenvalue weighted by molar-refractivity contribution is -0.134. The standard InChI is InChI=1S/C12H11N.C4H4O4/c1-3-7-11(8-4-1)13-12-9-5-2-6-10-12;5-3(6)1-2-4(7)8/h1-10,13H;1-2H,(H,5,6)(H,7,8)/b;2-1+. The van der Waals surface area contributed by atoms with Gasteiger partial charge in [-0.2, -0.15) is 0 Å². The van der Waals surface area contributed by atoms with Crippen LogP contribution in [0.4, 0.5) is 11.4 Å². The van der Waals surface area contributed by atoms with Crippen molar-refractivity contribution in [3.8, 4) is 0 Å². The third-order valence-electron chi connectivity index (χ3n) is 2.20. The molecular formula is C16H15NO4. The Hall–Kier alpha value is -3.08. The summed E-state index contributed by atoms with van der Waals surface area (Å²) < 4.78 is 0. The third-order valence-corrected chi connectivity index (χ3v) is 2.20. The Labute approximate surface area is 122 Å². The fourth-order valence-electron chi connectivity index (χ4n) is 1.35. The van der Waals surface area contributed by atoms with Gasteiger partial charge in [-0.3, -0.25) is 0 Å². The van der Waals surface area contributed by atoms with Crippen LogP contribution in [0.15, 0.2) is 72.8 Å². The Bertz CT molecular complexity index is 541. The van der Waals surface area contributed by atoms with Crippen LogP contribution in [0.1, 0.15) is 0 Å². The molecule has 5 heteroatoms. The van der Waals surface area contributed by atoms with Crippen LogP contribution < -0.4 is 5.32 Å². The third kappa shape index (κ3) is 7.84. The van der Waals surface area contributed by atoms with Crippen LogP contribution in [0.3, 0.4) is 0 Å². The number of anilines is 2. The molecule has 0 radical (unpaired) electrons. The van der Waals surface area contributed by atoms with Gasteiger partial charge in [-0.25, -0.2) is 9.59 Å². The highest BCUT2D eigenvalue weighted by Crippen LogP contribution is 2.14. The number of benzene rings is 2. The Balaban J connectivity index is 0.000000240. The summed E-state index contributed by atoms with van der Waals surface area (Å²) in [5.41, 5.74) is 2.24. The maximum Gasteiger partial charge on any atom is 0.328 e. The first kappa shape index (κ1) is 16.0. The van der Waals surface area contributed by atoms with E-state index in [1.807, 2.05) is 60.7 Å². The molecule has 3 N–H and O–H groups in total. The van der Waals surface area contributed by atoms with Crippen LogP contribution in [0.25, 0.3) is 0 Å². The van der Waals surface area contributed by atoms with Gasteiger partial charge in [0.2, 0.25) is 0 Å². The summed E-state index contributed by atoms with van der Waals surface area (Å²) in [5, 5.41) is 18.9. The number of aliphatic carboxylic acids is 2. The fourth-order valence-corrected chi connectivity index (χ4v) is 1.35. The van der Waals surface area contributed by atoms with E-state index in [1.54, 1.807) is 0 Å². The van der Waals surface area contributed by atoms with Gasteiger partial charge < -0.3 is 15.5 Å². The minimum absolute atomic E-state index is 0.558. The Morgan fingerprint density at radius 3 is 1.33 bits per heavy atom. The Kier molecular flexibility index (Phi) is 6.79. The maximum atomic E-state index is 9.55. The average Bonchev–Trinajstić information content (AvgIpc) is 2.48. The predicted octanol–water partition coefficient (Wildman–Crippen LogP) is 3.14. The molecule has 0 heterocycles. The van der Waals surface area contributed by atoms with Crippen molar-refractivity contribution in [2.45, 2.75) is 0 Å². The highest BCUT2D eigenvalue weighted by molar-refractivity contribution is 5.89. The second-order valence-electron chi connectivity index (χ2n) is 3.87. The van der Waals surface area contributed by atoms with Crippen molar-refractivity contribution in [1.82, 2.24) is 0 Å². The lowest BCUT2D eigenvalue weighted by Gasteiger charge is -2.04. The average molecular weight is 285 g/mol. The summed E-state index contributed by atoms with van der Waals surface area (Å²) in [6.07, 6.45) is 1.12. The molecule has 0 aliphatic heterocycles. The van der Waals surface area contributed by atoms with E-state index in [4.69, 9.17) is 10.2 Å². The SMILES string of the molecule is O=C(O)/C=C/C(=O)O.c1ccc(Nc2ccccc2)cc1. The van der Waals surface area contributed by atoms with Crippen LogP contribution in [0.5, 0.6) is 0 Å². The minimum Gasteiger partial charge on any atom is -0.478 e. The molecule has 2 rings (SSSR count). The van der Waals surface area contributed by atoms with E-state index in [1.165, 1.54) is 0 Å². The van der Waals surface area contributed by atoms with Crippen molar-refractivity contribution in [3.63, 3.8) is 0 Å². The zero-order valence-electron chi connectivity index (χ0n) is 11.1. The van der Waals surface area contributed by atoms with Crippen molar-refractivity contribution in [1.29, 1.82) is 0 Å². The molecule has 0 saturated carbocycles. The molecule has 0 aromatic heterocycles. The predicted molar refractivity (Wildman–Crippen MR) is 80.6 cm³/mol. The quantitative estimate of drug-likeness (QED) is 0.751. The van der Waals surface area contributed by atoms with Gasteiger partial charge in [-0.15, -0.1) is 0 Å². The monoisotopic (exact) mass is 285 g/mol. The molecule has 21 heavy (non-hydrogen) atoms. The normalized spacial score (nSPS) is 9.52. The molecular weight excluding hydrogens is 270 g/mol. The van der Waals surface area contributed by atoms with Gasteiger partial charge in [0.15, 0.2) is 0 Å². The van der Waals surface area contributed by atoms with Gasteiger partial charge in [0.05, 0.1) is 0 Å². The van der Waals surface area contributed by atoms with Crippen molar-refractivity contribution in [2.24, 2.45) is 0 Å². The Morgan fingerprint density at radius 2 is 1.05 bits per heavy atom. The van der Waals surface area contributed by atoms with Crippen LogP contribution in [-0.4, -0.2) is 22.2 Å². The van der Waals surface area contributed by atoms with Crippen LogP contribution >= 0.6 is 0 Å². The zero-order chi connectivity index (χ0) is 15.5. The summed E-state index contributed by atoms with van der Waals surface area (Å²) in [6.45, 7) is 0. The molecule has 0 spiro atoms. The highest BCUT2D eigenvalue weighted by atomic mass is 16.4. The minimum atomic E-state index is -1.26. The van der Waals surface area contributed by atoms with E-state index in [9.17, 15) is 9.59 Å². The van der Waals surface area contributed by atoms with Crippen molar-refractivity contribution in [2.75, 3.05) is 5.32 Å². The summed E-state index contributed by atoms with van der Waals surface area (Å²) in [6, 6.07) is 20.3. The number of hydrogen-bond acceptors (Lipinski definition) is 3. The molecule has 0 amide bonds. The molecule has 5 nitrogen and oxygen atoms in total. The zero-order valence-corrected chi connectivity index (χ0v) is 11.1. The van der Waals surface area contributed by atoms with E-state index in [0.29, 0.717) is 12.2 Å². The molecule has 0 saturated heterocycles. The summed E-state index contributed by atoms with van der Waals surface area (Å²) in [7, 11) is 0. The molecule has 0 fully saturated rings. The lowest BCUT2D eigenvalue weighted by atomic mass is 10.3. The number of carboxylic acids is 2. The number of carboxylic acid groups (broad SMARTS) is 2. The largest absolute Gasteiger partial charge is 0.478 e. The molecule has 0 atom stereocenters.